The van der Waals surface area contributed by atoms with Crippen molar-refractivity contribution in [3.63, 3.8) is 0 Å². The summed E-state index contributed by atoms with van der Waals surface area (Å²) in [7, 11) is 0. The maximum atomic E-state index is 12.0. The standard InChI is InChI=1S/C11H20N2O2S/c1-8(7-16-2)11(15)13-5-3-9(4-6-13)10(12)14/h8-9H,3-7H2,1-2H3,(H2,12,14). The topological polar surface area (TPSA) is 63.4 Å². The van der Waals surface area contributed by atoms with E-state index in [4.69, 9.17) is 5.73 Å². The molecule has 92 valence electrons. The van der Waals surface area contributed by atoms with Crippen molar-refractivity contribution in [2.24, 2.45) is 17.6 Å². The van der Waals surface area contributed by atoms with Gasteiger partial charge < -0.3 is 10.6 Å². The number of thioether (sulfide) groups is 1. The number of carbonyl (C=O) groups excluding carboxylic acids is 2. The highest BCUT2D eigenvalue weighted by molar-refractivity contribution is 7.98. The number of carbonyl (C=O) groups is 2. The molecule has 1 rings (SSSR count). The molecule has 0 radical (unpaired) electrons. The predicted octanol–water partition coefficient (Wildman–Crippen LogP) is 0.709. The monoisotopic (exact) mass is 244 g/mol. The Hall–Kier alpha value is -0.710. The van der Waals surface area contributed by atoms with Gasteiger partial charge in [0.2, 0.25) is 11.8 Å². The van der Waals surface area contributed by atoms with Crippen LogP contribution in [0.3, 0.4) is 0 Å². The third-order valence-electron chi connectivity index (χ3n) is 3.05. The third kappa shape index (κ3) is 3.40. The third-order valence-corrected chi connectivity index (χ3v) is 3.88. The van der Waals surface area contributed by atoms with E-state index in [1.54, 1.807) is 11.8 Å². The minimum Gasteiger partial charge on any atom is -0.369 e. The Morgan fingerprint density at radius 2 is 2.00 bits per heavy atom. The van der Waals surface area contributed by atoms with Crippen molar-refractivity contribution in [3.05, 3.63) is 0 Å². The highest BCUT2D eigenvalue weighted by Gasteiger charge is 2.27. The number of piperidine rings is 1. The number of primary amides is 1. The van der Waals surface area contributed by atoms with E-state index in [9.17, 15) is 9.59 Å². The average Bonchev–Trinajstić information content (AvgIpc) is 2.28. The van der Waals surface area contributed by atoms with Crippen LogP contribution in [-0.4, -0.2) is 41.8 Å². The predicted molar refractivity (Wildman–Crippen MR) is 66.0 cm³/mol. The molecule has 0 spiro atoms. The van der Waals surface area contributed by atoms with Gasteiger partial charge in [0.1, 0.15) is 0 Å². The number of amides is 2. The first-order valence-corrected chi connectivity index (χ1v) is 7.02. The Morgan fingerprint density at radius 3 is 2.44 bits per heavy atom. The molecule has 1 saturated heterocycles. The van der Waals surface area contributed by atoms with E-state index < -0.39 is 0 Å². The van der Waals surface area contributed by atoms with Crippen LogP contribution in [0.4, 0.5) is 0 Å². The Balaban J connectivity index is 2.41. The fourth-order valence-corrected chi connectivity index (χ4v) is 2.66. The van der Waals surface area contributed by atoms with E-state index >= 15 is 0 Å². The molecule has 16 heavy (non-hydrogen) atoms. The first kappa shape index (κ1) is 13.4. The zero-order valence-corrected chi connectivity index (χ0v) is 10.8. The summed E-state index contributed by atoms with van der Waals surface area (Å²) < 4.78 is 0. The molecule has 1 aliphatic rings. The van der Waals surface area contributed by atoms with Gasteiger partial charge in [-0.1, -0.05) is 6.92 Å². The zero-order valence-electron chi connectivity index (χ0n) is 9.94. The zero-order chi connectivity index (χ0) is 12.1. The lowest BCUT2D eigenvalue weighted by atomic mass is 9.95. The fourth-order valence-electron chi connectivity index (χ4n) is 2.02. The van der Waals surface area contributed by atoms with Gasteiger partial charge in [0.15, 0.2) is 0 Å². The van der Waals surface area contributed by atoms with Gasteiger partial charge >= 0.3 is 0 Å². The van der Waals surface area contributed by atoms with Crippen LogP contribution in [0.15, 0.2) is 0 Å². The maximum Gasteiger partial charge on any atom is 0.226 e. The molecular weight excluding hydrogens is 224 g/mol. The van der Waals surface area contributed by atoms with Gasteiger partial charge in [0.05, 0.1) is 0 Å². The Labute approximate surface area is 101 Å². The molecule has 1 unspecified atom stereocenters. The van der Waals surface area contributed by atoms with Gasteiger partial charge in [-0.2, -0.15) is 11.8 Å². The van der Waals surface area contributed by atoms with Crippen LogP contribution >= 0.6 is 11.8 Å². The number of hydrogen-bond donors (Lipinski definition) is 1. The van der Waals surface area contributed by atoms with Crippen LogP contribution in [0.2, 0.25) is 0 Å². The van der Waals surface area contributed by atoms with Crippen molar-refractivity contribution < 1.29 is 9.59 Å². The molecule has 1 aliphatic heterocycles. The number of hydrogen-bond acceptors (Lipinski definition) is 3. The quantitative estimate of drug-likeness (QED) is 0.792. The SMILES string of the molecule is CSCC(C)C(=O)N1CCC(C(N)=O)CC1. The van der Waals surface area contributed by atoms with Crippen LogP contribution in [0.1, 0.15) is 19.8 Å². The van der Waals surface area contributed by atoms with E-state index in [1.807, 2.05) is 18.1 Å². The summed E-state index contributed by atoms with van der Waals surface area (Å²) in [6, 6.07) is 0. The van der Waals surface area contributed by atoms with Gasteiger partial charge in [0.25, 0.3) is 0 Å². The summed E-state index contributed by atoms with van der Waals surface area (Å²) in [5.41, 5.74) is 5.25. The summed E-state index contributed by atoms with van der Waals surface area (Å²) in [6.45, 7) is 3.30. The Bertz CT molecular complexity index is 263. The van der Waals surface area contributed by atoms with Crippen molar-refractivity contribution in [1.82, 2.24) is 4.90 Å². The van der Waals surface area contributed by atoms with Crippen LogP contribution in [-0.2, 0) is 9.59 Å². The summed E-state index contributed by atoms with van der Waals surface area (Å²) in [5.74, 6) is 0.857. The molecule has 2 N–H and O–H groups in total. The smallest absolute Gasteiger partial charge is 0.226 e. The molecule has 0 aromatic carbocycles. The number of nitrogens with two attached hydrogens (primary N) is 1. The van der Waals surface area contributed by atoms with Crippen LogP contribution < -0.4 is 5.73 Å². The van der Waals surface area contributed by atoms with E-state index in [-0.39, 0.29) is 23.7 Å². The Morgan fingerprint density at radius 1 is 1.44 bits per heavy atom. The maximum absolute atomic E-state index is 12.0. The molecule has 5 heteroatoms. The second-order valence-electron chi connectivity index (χ2n) is 4.36. The molecule has 1 heterocycles. The number of rotatable bonds is 4. The highest BCUT2D eigenvalue weighted by Crippen LogP contribution is 2.19. The first-order valence-electron chi connectivity index (χ1n) is 5.63. The molecule has 0 aromatic heterocycles. The fraction of sp³-hybridized carbons (Fsp3) is 0.818. The molecule has 0 aromatic rings. The lowest BCUT2D eigenvalue weighted by molar-refractivity contribution is -0.137. The molecule has 2 amide bonds. The van der Waals surface area contributed by atoms with E-state index in [0.717, 1.165) is 5.75 Å². The van der Waals surface area contributed by atoms with Gasteiger partial charge in [0, 0.05) is 30.7 Å². The highest BCUT2D eigenvalue weighted by atomic mass is 32.2. The molecule has 4 nitrogen and oxygen atoms in total. The van der Waals surface area contributed by atoms with Gasteiger partial charge in [-0.25, -0.2) is 0 Å². The number of likely N-dealkylation sites (tertiary alicyclic amines) is 1. The average molecular weight is 244 g/mol. The van der Waals surface area contributed by atoms with Gasteiger partial charge in [-0.3, -0.25) is 9.59 Å². The molecule has 1 fully saturated rings. The minimum absolute atomic E-state index is 0.0418. The molecule has 1 atom stereocenters. The van der Waals surface area contributed by atoms with Crippen LogP contribution in [0.5, 0.6) is 0 Å². The minimum atomic E-state index is -0.232. The van der Waals surface area contributed by atoms with E-state index in [2.05, 4.69) is 0 Å². The lowest BCUT2D eigenvalue weighted by Gasteiger charge is -2.32. The normalized spacial score (nSPS) is 19.5. The summed E-state index contributed by atoms with van der Waals surface area (Å²) in [4.78, 5) is 24.8. The van der Waals surface area contributed by atoms with Gasteiger partial charge in [-0.15, -0.1) is 0 Å². The second kappa shape index (κ2) is 6.13. The lowest BCUT2D eigenvalue weighted by Crippen LogP contribution is -2.44. The summed E-state index contributed by atoms with van der Waals surface area (Å²) >= 11 is 1.69. The summed E-state index contributed by atoms with van der Waals surface area (Å²) in [5, 5.41) is 0. The van der Waals surface area contributed by atoms with Crippen molar-refractivity contribution >= 4 is 23.6 Å². The Kier molecular flexibility index (Phi) is 5.12. The molecule has 0 aliphatic carbocycles. The van der Waals surface area contributed by atoms with Crippen molar-refractivity contribution in [1.29, 1.82) is 0 Å². The van der Waals surface area contributed by atoms with Crippen molar-refractivity contribution in [2.45, 2.75) is 19.8 Å². The van der Waals surface area contributed by atoms with Crippen molar-refractivity contribution in [2.75, 3.05) is 25.1 Å². The second-order valence-corrected chi connectivity index (χ2v) is 5.27. The first-order chi connectivity index (χ1) is 7.56. The molecular formula is C11H20N2O2S. The van der Waals surface area contributed by atoms with Crippen LogP contribution in [0, 0.1) is 11.8 Å². The van der Waals surface area contributed by atoms with E-state index in [1.165, 1.54) is 0 Å². The van der Waals surface area contributed by atoms with Crippen LogP contribution in [0.25, 0.3) is 0 Å². The van der Waals surface area contributed by atoms with Crippen molar-refractivity contribution in [3.8, 4) is 0 Å². The molecule has 0 saturated carbocycles. The van der Waals surface area contributed by atoms with E-state index in [0.29, 0.717) is 25.9 Å². The largest absolute Gasteiger partial charge is 0.369 e. The number of nitrogens with zero attached hydrogens (tertiary/aromatic N) is 1. The summed E-state index contributed by atoms with van der Waals surface area (Å²) in [6.07, 6.45) is 3.43. The van der Waals surface area contributed by atoms with Gasteiger partial charge in [-0.05, 0) is 19.1 Å². The molecule has 0 bridgehead atoms.